The highest BCUT2D eigenvalue weighted by Crippen LogP contribution is 2.27. The Morgan fingerprint density at radius 1 is 1.29 bits per heavy atom. The molecule has 5 heteroatoms. The highest BCUT2D eigenvalue weighted by atomic mass is 16.5. The van der Waals surface area contributed by atoms with Gasteiger partial charge in [-0.2, -0.15) is 0 Å². The molecule has 1 aliphatic heterocycles. The van der Waals surface area contributed by atoms with Crippen molar-refractivity contribution in [2.75, 3.05) is 18.6 Å². The number of carbonyl (C=O) groups is 2. The van der Waals surface area contributed by atoms with Crippen LogP contribution in [0.3, 0.4) is 0 Å². The molecule has 114 valence electrons. The largest absolute Gasteiger partial charge is 0.497 e. The molecule has 0 aliphatic carbocycles. The van der Waals surface area contributed by atoms with Gasteiger partial charge in [-0.1, -0.05) is 0 Å². The van der Waals surface area contributed by atoms with E-state index in [4.69, 9.17) is 4.74 Å². The Morgan fingerprint density at radius 2 is 1.90 bits per heavy atom. The van der Waals surface area contributed by atoms with Crippen molar-refractivity contribution < 1.29 is 14.3 Å². The van der Waals surface area contributed by atoms with Gasteiger partial charge in [-0.25, -0.2) is 0 Å². The summed E-state index contributed by atoms with van der Waals surface area (Å²) in [6.07, 6.45) is 0.258. The number of carbonyl (C=O) groups excluding carboxylic acids is 2. The molecule has 0 radical (unpaired) electrons. The monoisotopic (exact) mass is 290 g/mol. The summed E-state index contributed by atoms with van der Waals surface area (Å²) in [5.74, 6) is 0.368. The lowest BCUT2D eigenvalue weighted by atomic mass is 10.0. The number of ether oxygens (including phenoxy) is 1. The molecule has 1 aromatic carbocycles. The minimum atomic E-state index is -0.293. The second-order valence-electron chi connectivity index (χ2n) is 6.34. The first-order valence-corrected chi connectivity index (χ1v) is 7.06. The zero-order valence-electron chi connectivity index (χ0n) is 13.0. The average molecular weight is 290 g/mol. The van der Waals surface area contributed by atoms with E-state index < -0.39 is 0 Å². The summed E-state index contributed by atoms with van der Waals surface area (Å²) >= 11 is 0. The Labute approximate surface area is 125 Å². The highest BCUT2D eigenvalue weighted by molar-refractivity contribution is 6.00. The molecule has 0 spiro atoms. The molecule has 5 nitrogen and oxygen atoms in total. The topological polar surface area (TPSA) is 58.6 Å². The fraction of sp³-hybridized carbons (Fsp3) is 0.500. The second-order valence-corrected chi connectivity index (χ2v) is 6.34. The average Bonchev–Trinajstić information content (AvgIpc) is 2.79. The molecule has 0 bridgehead atoms. The van der Waals surface area contributed by atoms with Gasteiger partial charge in [0.05, 0.1) is 13.0 Å². The van der Waals surface area contributed by atoms with Gasteiger partial charge in [-0.3, -0.25) is 9.59 Å². The van der Waals surface area contributed by atoms with Crippen LogP contribution in [0.2, 0.25) is 0 Å². The van der Waals surface area contributed by atoms with Gasteiger partial charge in [0.2, 0.25) is 11.8 Å². The third kappa shape index (κ3) is 3.74. The van der Waals surface area contributed by atoms with Gasteiger partial charge >= 0.3 is 0 Å². The molecule has 1 aromatic rings. The maximum Gasteiger partial charge on any atom is 0.227 e. The molecular formula is C16H22N2O3. The van der Waals surface area contributed by atoms with Crippen LogP contribution in [0.15, 0.2) is 24.3 Å². The number of anilines is 1. The van der Waals surface area contributed by atoms with Crippen LogP contribution in [0.4, 0.5) is 5.69 Å². The van der Waals surface area contributed by atoms with E-state index in [0.717, 1.165) is 11.4 Å². The number of nitrogens with one attached hydrogen (secondary N) is 1. The Kier molecular flexibility index (Phi) is 4.21. The van der Waals surface area contributed by atoms with E-state index in [1.165, 1.54) is 0 Å². The van der Waals surface area contributed by atoms with Crippen molar-refractivity contribution in [1.82, 2.24) is 5.32 Å². The van der Waals surface area contributed by atoms with Gasteiger partial charge in [0.25, 0.3) is 0 Å². The summed E-state index contributed by atoms with van der Waals surface area (Å²) in [6.45, 7) is 6.22. The summed E-state index contributed by atoms with van der Waals surface area (Å²) in [6, 6.07) is 7.29. The van der Waals surface area contributed by atoms with Crippen molar-refractivity contribution >= 4 is 17.5 Å². The Balaban J connectivity index is 2.07. The van der Waals surface area contributed by atoms with E-state index in [0.29, 0.717) is 6.54 Å². The van der Waals surface area contributed by atoms with E-state index in [1.807, 2.05) is 45.0 Å². The lowest BCUT2D eigenvalue weighted by Crippen LogP contribution is -2.44. The molecular weight excluding hydrogens is 268 g/mol. The lowest BCUT2D eigenvalue weighted by Gasteiger charge is -2.23. The number of hydrogen-bond donors (Lipinski definition) is 1. The molecule has 1 atom stereocenters. The van der Waals surface area contributed by atoms with Crippen molar-refractivity contribution in [3.63, 3.8) is 0 Å². The summed E-state index contributed by atoms with van der Waals surface area (Å²) in [5.41, 5.74) is 0.514. The highest BCUT2D eigenvalue weighted by Gasteiger charge is 2.36. The first-order chi connectivity index (χ1) is 9.80. The Bertz CT molecular complexity index is 531. The first kappa shape index (κ1) is 15.4. The molecule has 1 aliphatic rings. The SMILES string of the molecule is COc1ccc(N2C[C@@H](C(=O)NC(C)(C)C)CC2=O)cc1. The quantitative estimate of drug-likeness (QED) is 0.926. The molecule has 1 N–H and O–H groups in total. The third-order valence-electron chi connectivity index (χ3n) is 3.38. The van der Waals surface area contributed by atoms with Gasteiger partial charge in [0.1, 0.15) is 5.75 Å². The Hall–Kier alpha value is -2.04. The minimum absolute atomic E-state index is 0.0192. The van der Waals surface area contributed by atoms with Crippen LogP contribution in [0.5, 0.6) is 5.75 Å². The first-order valence-electron chi connectivity index (χ1n) is 7.06. The van der Waals surface area contributed by atoms with Gasteiger partial charge in [-0.05, 0) is 45.0 Å². The van der Waals surface area contributed by atoms with E-state index >= 15 is 0 Å². The predicted octanol–water partition coefficient (Wildman–Crippen LogP) is 1.96. The zero-order chi connectivity index (χ0) is 15.6. The molecule has 0 saturated carbocycles. The van der Waals surface area contributed by atoms with E-state index in [-0.39, 0.29) is 29.7 Å². The number of methoxy groups -OCH3 is 1. The summed E-state index contributed by atoms with van der Waals surface area (Å²) < 4.78 is 5.11. The number of nitrogens with zero attached hydrogens (tertiary/aromatic N) is 1. The second kappa shape index (κ2) is 5.76. The van der Waals surface area contributed by atoms with Crippen molar-refractivity contribution in [3.05, 3.63) is 24.3 Å². The molecule has 0 aromatic heterocycles. The molecule has 1 fully saturated rings. The molecule has 21 heavy (non-hydrogen) atoms. The zero-order valence-corrected chi connectivity index (χ0v) is 13.0. The maximum atomic E-state index is 12.2. The summed E-state index contributed by atoms with van der Waals surface area (Å²) in [4.78, 5) is 26.0. The van der Waals surface area contributed by atoms with Crippen molar-refractivity contribution in [1.29, 1.82) is 0 Å². The third-order valence-corrected chi connectivity index (χ3v) is 3.38. The number of amides is 2. The summed E-state index contributed by atoms with van der Waals surface area (Å²) in [5, 5.41) is 2.93. The number of rotatable bonds is 3. The van der Waals surface area contributed by atoms with E-state index in [1.54, 1.807) is 12.0 Å². The van der Waals surface area contributed by atoms with Crippen molar-refractivity contribution in [2.45, 2.75) is 32.7 Å². The van der Waals surface area contributed by atoms with Gasteiger partial charge in [0.15, 0.2) is 0 Å². The van der Waals surface area contributed by atoms with Gasteiger partial charge in [0, 0.05) is 24.2 Å². The van der Waals surface area contributed by atoms with Crippen molar-refractivity contribution in [2.24, 2.45) is 5.92 Å². The van der Waals surface area contributed by atoms with Crippen LogP contribution in [-0.2, 0) is 9.59 Å². The Morgan fingerprint density at radius 3 is 2.43 bits per heavy atom. The van der Waals surface area contributed by atoms with Crippen LogP contribution in [-0.4, -0.2) is 31.0 Å². The van der Waals surface area contributed by atoms with Crippen LogP contribution in [0.1, 0.15) is 27.2 Å². The predicted molar refractivity (Wildman–Crippen MR) is 81.3 cm³/mol. The van der Waals surface area contributed by atoms with Crippen LogP contribution >= 0.6 is 0 Å². The lowest BCUT2D eigenvalue weighted by molar-refractivity contribution is -0.127. The minimum Gasteiger partial charge on any atom is -0.497 e. The van der Waals surface area contributed by atoms with Crippen LogP contribution in [0.25, 0.3) is 0 Å². The molecule has 0 unspecified atom stereocenters. The molecule has 2 amide bonds. The molecule has 2 rings (SSSR count). The fourth-order valence-corrected chi connectivity index (χ4v) is 2.37. The van der Waals surface area contributed by atoms with Gasteiger partial charge < -0.3 is 15.0 Å². The van der Waals surface area contributed by atoms with Crippen molar-refractivity contribution in [3.8, 4) is 5.75 Å². The number of hydrogen-bond acceptors (Lipinski definition) is 3. The maximum absolute atomic E-state index is 12.2. The normalized spacial score (nSPS) is 18.8. The van der Waals surface area contributed by atoms with E-state index in [2.05, 4.69) is 5.32 Å². The number of benzene rings is 1. The standard InChI is InChI=1S/C16H22N2O3/c1-16(2,3)17-15(20)11-9-14(19)18(10-11)12-5-7-13(21-4)8-6-12/h5-8,11H,9-10H2,1-4H3,(H,17,20)/t11-/m0/s1. The van der Waals surface area contributed by atoms with Crippen LogP contribution < -0.4 is 15.0 Å². The molecule has 1 saturated heterocycles. The van der Waals surface area contributed by atoms with Crippen LogP contribution in [0, 0.1) is 5.92 Å². The van der Waals surface area contributed by atoms with Gasteiger partial charge in [-0.15, -0.1) is 0 Å². The smallest absolute Gasteiger partial charge is 0.227 e. The summed E-state index contributed by atoms with van der Waals surface area (Å²) in [7, 11) is 1.60. The van der Waals surface area contributed by atoms with E-state index in [9.17, 15) is 9.59 Å². The molecule has 1 heterocycles. The fourth-order valence-electron chi connectivity index (χ4n) is 2.37.